The van der Waals surface area contributed by atoms with Crippen LogP contribution in [0.1, 0.15) is 12.7 Å². The largest absolute Gasteiger partial charge is 0.489 e. The molecule has 0 spiro atoms. The van der Waals surface area contributed by atoms with Gasteiger partial charge in [0.15, 0.2) is 17.4 Å². The number of hydrogen-bond acceptors (Lipinski definition) is 4. The molecule has 0 fully saturated rings. The van der Waals surface area contributed by atoms with Gasteiger partial charge in [-0.1, -0.05) is 17.7 Å². The molecule has 2 heterocycles. The first kappa shape index (κ1) is 21.2. The van der Waals surface area contributed by atoms with Crippen LogP contribution >= 0.6 is 35.6 Å². The summed E-state index contributed by atoms with van der Waals surface area (Å²) in [5, 5.41) is 15.5. The van der Waals surface area contributed by atoms with Gasteiger partial charge in [-0.15, -0.1) is 34.2 Å². The van der Waals surface area contributed by atoms with Gasteiger partial charge in [0.1, 0.15) is 11.9 Å². The van der Waals surface area contributed by atoms with Crippen LogP contribution in [0.3, 0.4) is 0 Å². The SMILES string of the molecule is CN=C(NCc1nnc2ccccn12)NCC(C)Oc1ccc(Cl)cc1.I. The number of aromatic nitrogens is 3. The van der Waals surface area contributed by atoms with E-state index in [-0.39, 0.29) is 30.1 Å². The Labute approximate surface area is 180 Å². The standard InChI is InChI=1S/C18H21ClN6O.HI/c1-13(26-15-8-6-14(19)7-9-15)11-21-18(20-2)22-12-17-24-23-16-5-3-4-10-25(16)17;/h3-10,13H,11-12H2,1-2H3,(H2,20,21,22);1H. The van der Waals surface area contributed by atoms with Crippen molar-refractivity contribution in [2.24, 2.45) is 4.99 Å². The van der Waals surface area contributed by atoms with Crippen LogP contribution in [0.2, 0.25) is 5.02 Å². The molecule has 0 saturated carbocycles. The number of rotatable bonds is 6. The van der Waals surface area contributed by atoms with E-state index in [0.29, 0.717) is 24.1 Å². The molecule has 2 aromatic heterocycles. The van der Waals surface area contributed by atoms with Crippen LogP contribution in [0, 0.1) is 0 Å². The molecule has 1 unspecified atom stereocenters. The fraction of sp³-hybridized carbons (Fsp3) is 0.278. The lowest BCUT2D eigenvalue weighted by molar-refractivity contribution is 0.224. The molecule has 3 aromatic rings. The van der Waals surface area contributed by atoms with E-state index in [2.05, 4.69) is 25.8 Å². The van der Waals surface area contributed by atoms with Crippen molar-refractivity contribution in [2.75, 3.05) is 13.6 Å². The highest BCUT2D eigenvalue weighted by molar-refractivity contribution is 14.0. The minimum Gasteiger partial charge on any atom is -0.489 e. The number of fused-ring (bicyclic) bond motifs is 1. The maximum absolute atomic E-state index is 5.88. The molecule has 9 heteroatoms. The Bertz CT molecular complexity index is 883. The van der Waals surface area contributed by atoms with Crippen LogP contribution in [0.4, 0.5) is 0 Å². The Kier molecular flexibility index (Phi) is 8.11. The third-order valence-electron chi connectivity index (χ3n) is 3.73. The molecular formula is C18H22ClIN6O. The highest BCUT2D eigenvalue weighted by atomic mass is 127. The topological polar surface area (TPSA) is 75.8 Å². The van der Waals surface area contributed by atoms with Crippen molar-refractivity contribution < 1.29 is 4.74 Å². The van der Waals surface area contributed by atoms with Crippen LogP contribution in [0.25, 0.3) is 5.65 Å². The van der Waals surface area contributed by atoms with Crippen molar-refractivity contribution in [1.29, 1.82) is 0 Å². The van der Waals surface area contributed by atoms with Crippen molar-refractivity contribution in [3.63, 3.8) is 0 Å². The van der Waals surface area contributed by atoms with Crippen molar-refractivity contribution in [1.82, 2.24) is 25.2 Å². The predicted molar refractivity (Wildman–Crippen MR) is 118 cm³/mol. The van der Waals surface area contributed by atoms with E-state index in [4.69, 9.17) is 16.3 Å². The van der Waals surface area contributed by atoms with Crippen LogP contribution in [-0.2, 0) is 6.54 Å². The number of aliphatic imine (C=N–C) groups is 1. The molecule has 3 rings (SSSR count). The van der Waals surface area contributed by atoms with Gasteiger partial charge in [0.2, 0.25) is 0 Å². The van der Waals surface area contributed by atoms with Gasteiger partial charge in [-0.25, -0.2) is 0 Å². The summed E-state index contributed by atoms with van der Waals surface area (Å²) in [5.41, 5.74) is 0.817. The number of nitrogens with zero attached hydrogens (tertiary/aromatic N) is 4. The van der Waals surface area contributed by atoms with Gasteiger partial charge in [0.25, 0.3) is 0 Å². The van der Waals surface area contributed by atoms with Crippen LogP contribution in [0.5, 0.6) is 5.75 Å². The Morgan fingerprint density at radius 3 is 2.70 bits per heavy atom. The molecule has 7 nitrogen and oxygen atoms in total. The number of nitrogens with one attached hydrogen (secondary N) is 2. The zero-order valence-corrected chi connectivity index (χ0v) is 18.2. The maximum Gasteiger partial charge on any atom is 0.191 e. The summed E-state index contributed by atoms with van der Waals surface area (Å²) >= 11 is 5.88. The molecule has 144 valence electrons. The molecule has 27 heavy (non-hydrogen) atoms. The van der Waals surface area contributed by atoms with Gasteiger partial charge in [-0.2, -0.15) is 0 Å². The molecule has 0 aliphatic heterocycles. The first-order chi connectivity index (χ1) is 12.7. The third-order valence-corrected chi connectivity index (χ3v) is 3.98. The summed E-state index contributed by atoms with van der Waals surface area (Å²) in [6.07, 6.45) is 1.90. The molecule has 0 radical (unpaired) electrons. The first-order valence-electron chi connectivity index (χ1n) is 8.31. The summed E-state index contributed by atoms with van der Waals surface area (Å²) in [4.78, 5) is 4.22. The second-order valence-electron chi connectivity index (χ2n) is 5.73. The van der Waals surface area contributed by atoms with Crippen molar-refractivity contribution >= 4 is 47.2 Å². The third kappa shape index (κ3) is 5.96. The van der Waals surface area contributed by atoms with E-state index in [1.807, 2.05) is 47.9 Å². The molecule has 1 atom stereocenters. The number of ether oxygens (including phenoxy) is 1. The van der Waals surface area contributed by atoms with Gasteiger partial charge < -0.3 is 15.4 Å². The van der Waals surface area contributed by atoms with Gasteiger partial charge in [0.05, 0.1) is 13.1 Å². The molecule has 0 amide bonds. The lowest BCUT2D eigenvalue weighted by Crippen LogP contribution is -2.41. The van der Waals surface area contributed by atoms with E-state index in [1.165, 1.54) is 0 Å². The molecular weight excluding hydrogens is 479 g/mol. The minimum atomic E-state index is -0.0383. The number of benzene rings is 1. The first-order valence-corrected chi connectivity index (χ1v) is 8.69. The van der Waals surface area contributed by atoms with E-state index in [9.17, 15) is 0 Å². The summed E-state index contributed by atoms with van der Waals surface area (Å²) in [6, 6.07) is 13.1. The smallest absolute Gasteiger partial charge is 0.191 e. The van der Waals surface area contributed by atoms with Crippen molar-refractivity contribution in [3.8, 4) is 5.75 Å². The Balaban J connectivity index is 0.00000261. The number of guanidine groups is 1. The number of halogens is 2. The summed E-state index contributed by atoms with van der Waals surface area (Å²) in [7, 11) is 1.72. The summed E-state index contributed by atoms with van der Waals surface area (Å²) < 4.78 is 7.78. The average molecular weight is 501 g/mol. The fourth-order valence-corrected chi connectivity index (χ4v) is 2.55. The molecule has 2 N–H and O–H groups in total. The summed E-state index contributed by atoms with van der Waals surface area (Å²) in [5.74, 6) is 2.26. The zero-order chi connectivity index (χ0) is 18.4. The Hall–Kier alpha value is -2.07. The fourth-order valence-electron chi connectivity index (χ4n) is 2.42. The predicted octanol–water partition coefficient (Wildman–Crippen LogP) is 3.13. The summed E-state index contributed by atoms with van der Waals surface area (Å²) in [6.45, 7) is 3.10. The van der Waals surface area contributed by atoms with Gasteiger partial charge in [-0.05, 0) is 43.3 Å². The lowest BCUT2D eigenvalue weighted by atomic mass is 10.3. The monoisotopic (exact) mass is 500 g/mol. The average Bonchev–Trinajstić information content (AvgIpc) is 3.07. The lowest BCUT2D eigenvalue weighted by Gasteiger charge is -2.17. The van der Waals surface area contributed by atoms with Gasteiger partial charge >= 0.3 is 0 Å². The van der Waals surface area contributed by atoms with Crippen LogP contribution in [0.15, 0.2) is 53.7 Å². The number of pyridine rings is 1. The van der Waals surface area contributed by atoms with E-state index in [1.54, 1.807) is 19.2 Å². The molecule has 0 aliphatic rings. The van der Waals surface area contributed by atoms with Gasteiger partial charge in [0, 0.05) is 18.3 Å². The zero-order valence-electron chi connectivity index (χ0n) is 15.1. The Morgan fingerprint density at radius 1 is 1.19 bits per heavy atom. The number of hydrogen-bond donors (Lipinski definition) is 2. The highest BCUT2D eigenvalue weighted by Crippen LogP contribution is 2.16. The molecule has 0 saturated heterocycles. The second-order valence-corrected chi connectivity index (χ2v) is 6.17. The highest BCUT2D eigenvalue weighted by Gasteiger charge is 2.08. The van der Waals surface area contributed by atoms with Crippen LogP contribution in [-0.4, -0.2) is 40.3 Å². The van der Waals surface area contributed by atoms with Crippen LogP contribution < -0.4 is 15.4 Å². The second kappa shape index (κ2) is 10.3. The van der Waals surface area contributed by atoms with E-state index in [0.717, 1.165) is 17.2 Å². The quantitative estimate of drug-likeness (QED) is 0.309. The normalized spacial score (nSPS) is 12.3. The molecule has 0 bridgehead atoms. The van der Waals surface area contributed by atoms with E-state index < -0.39 is 0 Å². The Morgan fingerprint density at radius 2 is 1.96 bits per heavy atom. The van der Waals surface area contributed by atoms with Crippen molar-refractivity contribution in [2.45, 2.75) is 19.6 Å². The van der Waals surface area contributed by atoms with Crippen molar-refractivity contribution in [3.05, 3.63) is 59.5 Å². The molecule has 1 aromatic carbocycles. The van der Waals surface area contributed by atoms with Gasteiger partial charge in [-0.3, -0.25) is 9.39 Å². The van der Waals surface area contributed by atoms with E-state index >= 15 is 0 Å². The minimum absolute atomic E-state index is 0. The maximum atomic E-state index is 5.88. The molecule has 0 aliphatic carbocycles.